The minimum atomic E-state index is -0.593. The number of fused-ring (bicyclic) bond motifs is 1. The second-order valence-electron chi connectivity index (χ2n) is 8.40. The molecule has 2 aliphatic heterocycles. The number of hydrogen-bond donors (Lipinski definition) is 2. The molecule has 0 bridgehead atoms. The minimum absolute atomic E-state index is 0.0958. The standard InChI is InChI=1S/C25H29N3O3/c1-4-18-7-8-23-21(12-18)22(29)13-25(31-23)15-28(16-25)24(30)27-14-19-6-5-17(2)20(11-19)9-10-26-3/h5-12,26H,4,13-16H2,1-3H3,(H,27,30)/b10-9-. The Hall–Kier alpha value is -3.28. The van der Waals surface area contributed by atoms with Crippen molar-refractivity contribution < 1.29 is 14.3 Å². The number of urea groups is 1. The molecule has 31 heavy (non-hydrogen) atoms. The lowest BCUT2D eigenvalue weighted by atomic mass is 9.83. The molecule has 6 nitrogen and oxygen atoms in total. The van der Waals surface area contributed by atoms with Gasteiger partial charge in [0.2, 0.25) is 0 Å². The van der Waals surface area contributed by atoms with Gasteiger partial charge in [0.15, 0.2) is 11.4 Å². The van der Waals surface area contributed by atoms with Gasteiger partial charge in [0.1, 0.15) is 5.75 Å². The van der Waals surface area contributed by atoms with Crippen molar-refractivity contribution in [3.05, 3.63) is 70.4 Å². The van der Waals surface area contributed by atoms with Crippen LogP contribution in [0.5, 0.6) is 5.75 Å². The number of Topliss-reactive ketones (excluding diaryl/α,β-unsaturated/α-hetero) is 1. The van der Waals surface area contributed by atoms with E-state index in [0.717, 1.165) is 23.1 Å². The number of nitrogens with one attached hydrogen (secondary N) is 2. The van der Waals surface area contributed by atoms with Gasteiger partial charge >= 0.3 is 6.03 Å². The largest absolute Gasteiger partial charge is 0.482 e. The van der Waals surface area contributed by atoms with Gasteiger partial charge in [-0.3, -0.25) is 4.79 Å². The van der Waals surface area contributed by atoms with Crippen molar-refractivity contribution in [1.82, 2.24) is 15.5 Å². The lowest BCUT2D eigenvalue weighted by molar-refractivity contribution is -0.0597. The Morgan fingerprint density at radius 3 is 2.71 bits per heavy atom. The normalized spacial score (nSPS) is 16.6. The van der Waals surface area contributed by atoms with Crippen LogP contribution in [0.4, 0.5) is 4.79 Å². The summed E-state index contributed by atoms with van der Waals surface area (Å²) >= 11 is 0. The van der Waals surface area contributed by atoms with Crippen LogP contribution in [0.1, 0.15) is 46.0 Å². The zero-order chi connectivity index (χ0) is 22.0. The van der Waals surface area contributed by atoms with Crippen LogP contribution in [0.25, 0.3) is 6.08 Å². The van der Waals surface area contributed by atoms with E-state index in [9.17, 15) is 9.59 Å². The maximum absolute atomic E-state index is 12.7. The maximum Gasteiger partial charge on any atom is 0.317 e. The number of rotatable bonds is 5. The highest BCUT2D eigenvalue weighted by Crippen LogP contribution is 2.39. The van der Waals surface area contributed by atoms with Gasteiger partial charge in [0.05, 0.1) is 25.1 Å². The average molecular weight is 420 g/mol. The molecule has 1 saturated heterocycles. The lowest BCUT2D eigenvalue weighted by Gasteiger charge is -2.50. The maximum atomic E-state index is 12.7. The second-order valence-corrected chi connectivity index (χ2v) is 8.40. The quantitative estimate of drug-likeness (QED) is 0.776. The zero-order valence-corrected chi connectivity index (χ0v) is 18.3. The molecule has 2 aromatic rings. The molecule has 0 aromatic heterocycles. The number of ether oxygens (including phenoxy) is 1. The molecular weight excluding hydrogens is 390 g/mol. The highest BCUT2D eigenvalue weighted by atomic mass is 16.5. The van der Waals surface area contributed by atoms with Crippen molar-refractivity contribution in [1.29, 1.82) is 0 Å². The van der Waals surface area contributed by atoms with Gasteiger partial charge in [-0.25, -0.2) is 4.79 Å². The Bertz CT molecular complexity index is 1040. The van der Waals surface area contributed by atoms with Gasteiger partial charge in [-0.05, 0) is 66.1 Å². The van der Waals surface area contributed by atoms with E-state index < -0.39 is 5.60 Å². The monoisotopic (exact) mass is 419 g/mol. The smallest absolute Gasteiger partial charge is 0.317 e. The predicted molar refractivity (Wildman–Crippen MR) is 121 cm³/mol. The van der Waals surface area contributed by atoms with Crippen LogP contribution < -0.4 is 15.4 Å². The third kappa shape index (κ3) is 4.29. The first-order valence-corrected chi connectivity index (χ1v) is 10.7. The topological polar surface area (TPSA) is 70.7 Å². The molecule has 1 spiro atoms. The van der Waals surface area contributed by atoms with E-state index in [1.54, 1.807) is 4.90 Å². The molecule has 0 saturated carbocycles. The number of carbonyl (C=O) groups excluding carboxylic acids is 2. The minimum Gasteiger partial charge on any atom is -0.482 e. The fraction of sp³-hybridized carbons (Fsp3) is 0.360. The van der Waals surface area contributed by atoms with Crippen molar-refractivity contribution in [3.8, 4) is 5.75 Å². The molecule has 2 aliphatic rings. The molecule has 0 aliphatic carbocycles. The van der Waals surface area contributed by atoms with Gasteiger partial charge in [-0.2, -0.15) is 0 Å². The molecule has 6 heteroatoms. The Morgan fingerprint density at radius 1 is 1.19 bits per heavy atom. The highest BCUT2D eigenvalue weighted by Gasteiger charge is 2.51. The fourth-order valence-corrected chi connectivity index (χ4v) is 4.17. The van der Waals surface area contributed by atoms with Crippen LogP contribution in [0, 0.1) is 6.92 Å². The summed E-state index contributed by atoms with van der Waals surface area (Å²) in [5.74, 6) is 0.730. The zero-order valence-electron chi connectivity index (χ0n) is 18.3. The van der Waals surface area contributed by atoms with Crippen molar-refractivity contribution in [2.24, 2.45) is 0 Å². The number of nitrogens with zero attached hydrogens (tertiary/aromatic N) is 1. The number of likely N-dealkylation sites (tertiary alicyclic amines) is 1. The highest BCUT2D eigenvalue weighted by molar-refractivity contribution is 6.01. The summed E-state index contributed by atoms with van der Waals surface area (Å²) in [7, 11) is 1.86. The number of amides is 2. The molecule has 1 fully saturated rings. The number of benzene rings is 2. The van der Waals surface area contributed by atoms with Crippen LogP contribution in [-0.4, -0.2) is 42.5 Å². The molecule has 4 rings (SSSR count). The number of carbonyl (C=O) groups is 2. The summed E-state index contributed by atoms with van der Waals surface area (Å²) in [5, 5.41) is 5.97. The van der Waals surface area contributed by atoms with E-state index in [4.69, 9.17) is 4.74 Å². The summed E-state index contributed by atoms with van der Waals surface area (Å²) in [5.41, 5.74) is 4.52. The summed E-state index contributed by atoms with van der Waals surface area (Å²) in [6.45, 7) is 5.42. The third-order valence-electron chi connectivity index (χ3n) is 6.02. The Kier molecular flexibility index (Phi) is 5.72. The molecule has 2 amide bonds. The predicted octanol–water partition coefficient (Wildman–Crippen LogP) is 3.68. The summed E-state index contributed by atoms with van der Waals surface area (Å²) < 4.78 is 6.18. The number of ketones is 1. The van der Waals surface area contributed by atoms with Gasteiger partial charge in [0, 0.05) is 13.6 Å². The van der Waals surface area contributed by atoms with Crippen molar-refractivity contribution in [3.63, 3.8) is 0 Å². The molecule has 162 valence electrons. The molecule has 0 unspecified atom stereocenters. The van der Waals surface area contributed by atoms with Crippen LogP contribution in [0.3, 0.4) is 0 Å². The molecule has 2 aromatic carbocycles. The van der Waals surface area contributed by atoms with E-state index >= 15 is 0 Å². The van der Waals surface area contributed by atoms with Gasteiger partial charge in [-0.1, -0.05) is 25.1 Å². The van der Waals surface area contributed by atoms with Crippen molar-refractivity contribution in [2.75, 3.05) is 20.1 Å². The lowest BCUT2D eigenvalue weighted by Crippen LogP contribution is -2.69. The molecular formula is C25H29N3O3. The molecule has 0 atom stereocenters. The van der Waals surface area contributed by atoms with Crippen LogP contribution in [0.2, 0.25) is 0 Å². The van der Waals surface area contributed by atoms with E-state index in [0.29, 0.717) is 37.4 Å². The Labute approximate surface area is 183 Å². The Morgan fingerprint density at radius 2 is 1.97 bits per heavy atom. The van der Waals surface area contributed by atoms with Gasteiger partial charge < -0.3 is 20.3 Å². The summed E-state index contributed by atoms with van der Waals surface area (Å²) in [6.07, 6.45) is 5.10. The third-order valence-corrected chi connectivity index (χ3v) is 6.02. The molecule has 2 N–H and O–H groups in total. The van der Waals surface area contributed by atoms with Gasteiger partial charge in [0.25, 0.3) is 0 Å². The first-order chi connectivity index (χ1) is 14.9. The first kappa shape index (κ1) is 21.0. The number of aryl methyl sites for hydroxylation is 2. The van der Waals surface area contributed by atoms with E-state index in [1.807, 2.05) is 43.6 Å². The summed E-state index contributed by atoms with van der Waals surface area (Å²) in [4.78, 5) is 27.0. The average Bonchev–Trinajstić information content (AvgIpc) is 2.75. The van der Waals surface area contributed by atoms with E-state index in [2.05, 4.69) is 36.6 Å². The van der Waals surface area contributed by atoms with Crippen LogP contribution in [-0.2, 0) is 13.0 Å². The van der Waals surface area contributed by atoms with Crippen molar-refractivity contribution >= 4 is 17.9 Å². The van der Waals surface area contributed by atoms with Crippen LogP contribution >= 0.6 is 0 Å². The van der Waals surface area contributed by atoms with Crippen LogP contribution in [0.15, 0.2) is 42.6 Å². The SMILES string of the molecule is CCc1ccc2c(c1)C(=O)CC1(CN(C(=O)NCc3ccc(C)c(/C=C\NC)c3)C1)O2. The first-order valence-electron chi connectivity index (χ1n) is 10.7. The van der Waals surface area contributed by atoms with Crippen molar-refractivity contribution in [2.45, 2.75) is 38.8 Å². The molecule has 2 heterocycles. The molecule has 0 radical (unpaired) electrons. The van der Waals surface area contributed by atoms with E-state index in [1.165, 1.54) is 5.56 Å². The van der Waals surface area contributed by atoms with E-state index in [-0.39, 0.29) is 11.8 Å². The second kappa shape index (κ2) is 8.46. The Balaban J connectivity index is 1.35. The summed E-state index contributed by atoms with van der Waals surface area (Å²) in [6, 6.07) is 11.8. The number of hydrogen-bond acceptors (Lipinski definition) is 4. The van der Waals surface area contributed by atoms with Gasteiger partial charge in [-0.15, -0.1) is 0 Å². The fourth-order valence-electron chi connectivity index (χ4n) is 4.17.